The lowest BCUT2D eigenvalue weighted by molar-refractivity contribution is 0.0962. The first kappa shape index (κ1) is 8.96. The van der Waals surface area contributed by atoms with Gasteiger partial charge in [0.15, 0.2) is 0 Å². The molecule has 5 heteroatoms. The molecule has 0 aliphatic carbocycles. The average molecular weight is 215 g/mol. The maximum atomic E-state index is 11.6. The highest BCUT2D eigenvalue weighted by Crippen LogP contribution is 2.33. The molecule has 1 amide bonds. The third-order valence-corrected chi connectivity index (χ3v) is 2.63. The summed E-state index contributed by atoms with van der Waals surface area (Å²) < 4.78 is 5.22. The van der Waals surface area contributed by atoms with Gasteiger partial charge in [0, 0.05) is 11.6 Å². The first-order valence-corrected chi connectivity index (χ1v) is 4.83. The molecule has 0 atom stereocenters. The highest BCUT2D eigenvalue weighted by molar-refractivity contribution is 6.14. The molecule has 0 radical (unpaired) electrons. The molecule has 1 aliphatic rings. The number of hydrazine groups is 1. The van der Waals surface area contributed by atoms with E-state index >= 15 is 0 Å². The predicted octanol–water partition coefficient (Wildman–Crippen LogP) is 1.31. The smallest absolute Gasteiger partial charge is 0.270 e. The average Bonchev–Trinajstić information content (AvgIpc) is 2.34. The highest BCUT2D eigenvalue weighted by atomic mass is 16.5. The molecule has 80 valence electrons. The van der Waals surface area contributed by atoms with Crippen molar-refractivity contribution in [2.24, 2.45) is 0 Å². The summed E-state index contributed by atoms with van der Waals surface area (Å²) in [5.41, 5.74) is 7.55. The number of methoxy groups -OCH3 is 1. The number of benzene rings is 1. The summed E-state index contributed by atoms with van der Waals surface area (Å²) in [7, 11) is 1.59. The molecule has 0 saturated heterocycles. The van der Waals surface area contributed by atoms with Gasteiger partial charge in [-0.25, -0.2) is 0 Å². The number of pyridine rings is 1. The lowest BCUT2D eigenvalue weighted by Gasteiger charge is -2.19. The first-order chi connectivity index (χ1) is 7.81. The summed E-state index contributed by atoms with van der Waals surface area (Å²) in [6.45, 7) is 0. The fourth-order valence-electron chi connectivity index (χ4n) is 1.89. The molecular formula is C11H9N3O2. The Bertz CT molecular complexity index is 595. The molecule has 1 aromatic carbocycles. The number of hydrogen-bond donors (Lipinski definition) is 2. The number of anilines is 1. The molecule has 5 nitrogen and oxygen atoms in total. The van der Waals surface area contributed by atoms with Gasteiger partial charge in [-0.2, -0.15) is 0 Å². The second kappa shape index (κ2) is 3.10. The van der Waals surface area contributed by atoms with Crippen LogP contribution in [-0.2, 0) is 0 Å². The van der Waals surface area contributed by atoms with Crippen LogP contribution in [0.5, 0.6) is 5.75 Å². The lowest BCUT2D eigenvalue weighted by Crippen LogP contribution is -2.33. The predicted molar refractivity (Wildman–Crippen MR) is 59.4 cm³/mol. The number of rotatable bonds is 1. The number of hydrogen-bond acceptors (Lipinski definition) is 4. The quantitative estimate of drug-likeness (QED) is 0.753. The standard InChI is InChI=1S/C11H9N3O2/c1-16-8-3-2-6-9-7(13-14-11(6)15)4-5-12-10(8)9/h2-5,13H,1H3,(H,14,15). The Morgan fingerprint density at radius 1 is 1.25 bits per heavy atom. The van der Waals surface area contributed by atoms with E-state index in [1.54, 1.807) is 25.4 Å². The summed E-state index contributed by atoms with van der Waals surface area (Å²) in [6, 6.07) is 5.30. The number of ether oxygens (including phenoxy) is 1. The van der Waals surface area contributed by atoms with Crippen LogP contribution in [0.4, 0.5) is 5.69 Å². The van der Waals surface area contributed by atoms with Crippen molar-refractivity contribution < 1.29 is 9.53 Å². The van der Waals surface area contributed by atoms with Gasteiger partial charge in [0.05, 0.1) is 18.4 Å². The zero-order valence-electron chi connectivity index (χ0n) is 8.57. The molecule has 2 aromatic rings. The minimum absolute atomic E-state index is 0.159. The van der Waals surface area contributed by atoms with Crippen LogP contribution in [-0.4, -0.2) is 18.0 Å². The molecular weight excluding hydrogens is 206 g/mol. The van der Waals surface area contributed by atoms with Crippen molar-refractivity contribution in [3.05, 3.63) is 30.0 Å². The minimum Gasteiger partial charge on any atom is -0.494 e. The van der Waals surface area contributed by atoms with Crippen LogP contribution < -0.4 is 15.6 Å². The third-order valence-electron chi connectivity index (χ3n) is 2.63. The van der Waals surface area contributed by atoms with Crippen molar-refractivity contribution in [2.45, 2.75) is 0 Å². The Labute approximate surface area is 91.4 Å². The summed E-state index contributed by atoms with van der Waals surface area (Å²) >= 11 is 0. The van der Waals surface area contributed by atoms with E-state index in [2.05, 4.69) is 15.8 Å². The molecule has 0 spiro atoms. The third kappa shape index (κ3) is 1.05. The molecule has 1 aromatic heterocycles. The van der Waals surface area contributed by atoms with E-state index < -0.39 is 0 Å². The largest absolute Gasteiger partial charge is 0.494 e. The van der Waals surface area contributed by atoms with Crippen LogP contribution in [0.1, 0.15) is 10.4 Å². The van der Waals surface area contributed by atoms with E-state index in [0.717, 1.165) is 11.1 Å². The molecule has 1 aliphatic heterocycles. The van der Waals surface area contributed by atoms with Crippen molar-refractivity contribution >= 4 is 22.5 Å². The molecule has 0 saturated carbocycles. The van der Waals surface area contributed by atoms with Gasteiger partial charge in [0.25, 0.3) is 5.91 Å². The van der Waals surface area contributed by atoms with Crippen LogP contribution in [0.25, 0.3) is 10.9 Å². The Kier molecular flexibility index (Phi) is 1.73. The van der Waals surface area contributed by atoms with Crippen LogP contribution >= 0.6 is 0 Å². The zero-order valence-corrected chi connectivity index (χ0v) is 8.57. The SMILES string of the molecule is COc1ccc2c3c(ccnc13)NNC2=O. The normalized spacial score (nSPS) is 13.2. The van der Waals surface area contributed by atoms with E-state index in [-0.39, 0.29) is 5.91 Å². The van der Waals surface area contributed by atoms with Gasteiger partial charge in [0.1, 0.15) is 11.3 Å². The van der Waals surface area contributed by atoms with Gasteiger partial charge in [-0.1, -0.05) is 0 Å². The van der Waals surface area contributed by atoms with E-state index in [9.17, 15) is 4.79 Å². The number of nitrogens with zero attached hydrogens (tertiary/aromatic N) is 1. The number of amides is 1. The Morgan fingerprint density at radius 2 is 2.12 bits per heavy atom. The van der Waals surface area contributed by atoms with Gasteiger partial charge in [-0.3, -0.25) is 20.6 Å². The van der Waals surface area contributed by atoms with Crippen molar-refractivity contribution in [1.82, 2.24) is 10.4 Å². The topological polar surface area (TPSA) is 63.2 Å². The zero-order chi connectivity index (χ0) is 11.1. The molecule has 0 fully saturated rings. The van der Waals surface area contributed by atoms with Gasteiger partial charge < -0.3 is 4.74 Å². The number of nitrogens with one attached hydrogen (secondary N) is 2. The van der Waals surface area contributed by atoms with Crippen molar-refractivity contribution in [3.8, 4) is 5.75 Å². The molecule has 16 heavy (non-hydrogen) atoms. The summed E-state index contributed by atoms with van der Waals surface area (Å²) in [5, 5.41) is 0.797. The molecule has 2 N–H and O–H groups in total. The molecule has 2 heterocycles. The number of aromatic nitrogens is 1. The summed E-state index contributed by atoms with van der Waals surface area (Å²) in [4.78, 5) is 15.9. The second-order valence-electron chi connectivity index (χ2n) is 3.48. The summed E-state index contributed by atoms with van der Waals surface area (Å²) in [6.07, 6.45) is 1.68. The fourth-order valence-corrected chi connectivity index (χ4v) is 1.89. The Hall–Kier alpha value is -2.30. The number of carbonyl (C=O) groups excluding carboxylic acids is 1. The van der Waals surface area contributed by atoms with Crippen LogP contribution in [0, 0.1) is 0 Å². The monoisotopic (exact) mass is 215 g/mol. The van der Waals surface area contributed by atoms with Crippen LogP contribution in [0.15, 0.2) is 24.4 Å². The van der Waals surface area contributed by atoms with Gasteiger partial charge >= 0.3 is 0 Å². The van der Waals surface area contributed by atoms with E-state index in [4.69, 9.17) is 4.74 Å². The summed E-state index contributed by atoms with van der Waals surface area (Å²) in [5.74, 6) is 0.505. The van der Waals surface area contributed by atoms with E-state index in [0.29, 0.717) is 16.8 Å². The van der Waals surface area contributed by atoms with Crippen molar-refractivity contribution in [3.63, 3.8) is 0 Å². The molecule has 0 bridgehead atoms. The van der Waals surface area contributed by atoms with Crippen molar-refractivity contribution in [1.29, 1.82) is 0 Å². The maximum Gasteiger partial charge on any atom is 0.270 e. The van der Waals surface area contributed by atoms with E-state index in [1.165, 1.54) is 0 Å². The highest BCUT2D eigenvalue weighted by Gasteiger charge is 2.20. The maximum absolute atomic E-state index is 11.6. The molecule has 0 unspecified atom stereocenters. The van der Waals surface area contributed by atoms with Gasteiger partial charge in [-0.05, 0) is 18.2 Å². The van der Waals surface area contributed by atoms with Gasteiger partial charge in [-0.15, -0.1) is 0 Å². The van der Waals surface area contributed by atoms with Crippen LogP contribution in [0.2, 0.25) is 0 Å². The Morgan fingerprint density at radius 3 is 2.94 bits per heavy atom. The second-order valence-corrected chi connectivity index (χ2v) is 3.48. The lowest BCUT2D eigenvalue weighted by atomic mass is 10.0. The van der Waals surface area contributed by atoms with Crippen LogP contribution in [0.3, 0.4) is 0 Å². The van der Waals surface area contributed by atoms with Gasteiger partial charge in [0.2, 0.25) is 0 Å². The Balaban J connectivity index is 2.47. The van der Waals surface area contributed by atoms with E-state index in [1.807, 2.05) is 6.07 Å². The molecule has 3 rings (SSSR count). The number of carbonyl (C=O) groups is 1. The minimum atomic E-state index is -0.159. The fraction of sp³-hybridized carbons (Fsp3) is 0.0909. The first-order valence-electron chi connectivity index (χ1n) is 4.83. The van der Waals surface area contributed by atoms with Crippen molar-refractivity contribution in [2.75, 3.05) is 12.5 Å².